The molecule has 1 heterocycles. The first kappa shape index (κ1) is 17.4. The van der Waals surface area contributed by atoms with Crippen LogP contribution in [0.3, 0.4) is 0 Å². The van der Waals surface area contributed by atoms with Crippen LogP contribution in [-0.4, -0.2) is 23.0 Å². The highest BCUT2D eigenvalue weighted by atomic mass is 79.9. The van der Waals surface area contributed by atoms with E-state index in [1.807, 2.05) is 19.1 Å². The van der Waals surface area contributed by atoms with Crippen molar-refractivity contribution in [3.63, 3.8) is 0 Å². The summed E-state index contributed by atoms with van der Waals surface area (Å²) in [5.41, 5.74) is 1.32. The van der Waals surface area contributed by atoms with Crippen molar-refractivity contribution in [1.29, 1.82) is 5.26 Å². The molecule has 2 rings (SSSR count). The second kappa shape index (κ2) is 8.08. The van der Waals surface area contributed by atoms with E-state index in [-0.39, 0.29) is 11.5 Å². The van der Waals surface area contributed by atoms with Gasteiger partial charge in [0.15, 0.2) is 0 Å². The fraction of sp³-hybridized carbons (Fsp3) is 0.125. The Morgan fingerprint density at radius 2 is 2.08 bits per heavy atom. The highest BCUT2D eigenvalue weighted by molar-refractivity contribution is 9.10. The minimum atomic E-state index is -0.564. The number of carbonyl (C=O) groups excluding carboxylic acids is 1. The standard InChI is InChI=1S/C16H14BrN5O2/c1-10-3-4-14(24-2)13(5-10)22-15(23)11(6-18)7-19-16-20-8-12(17)9-21-16/h3-5,7-9H,1-2H3,(H,22,23)(H,19,20,21)/b11-7-. The number of amides is 1. The third kappa shape index (κ3) is 4.54. The topological polar surface area (TPSA) is 99.9 Å². The van der Waals surface area contributed by atoms with Gasteiger partial charge >= 0.3 is 0 Å². The summed E-state index contributed by atoms with van der Waals surface area (Å²) in [6.45, 7) is 1.89. The van der Waals surface area contributed by atoms with E-state index in [0.29, 0.717) is 11.4 Å². The molecule has 0 aliphatic rings. The molecule has 2 aromatic rings. The van der Waals surface area contributed by atoms with Gasteiger partial charge in [0.1, 0.15) is 17.4 Å². The first-order chi connectivity index (χ1) is 11.5. The van der Waals surface area contributed by atoms with Crippen LogP contribution >= 0.6 is 15.9 Å². The molecule has 0 radical (unpaired) electrons. The molecule has 0 aliphatic carbocycles. The molecular formula is C16H14BrN5O2. The van der Waals surface area contributed by atoms with E-state index in [2.05, 4.69) is 36.5 Å². The molecule has 7 nitrogen and oxygen atoms in total. The number of methoxy groups -OCH3 is 1. The van der Waals surface area contributed by atoms with E-state index in [0.717, 1.165) is 10.0 Å². The van der Waals surface area contributed by atoms with Gasteiger partial charge in [0.2, 0.25) is 5.95 Å². The van der Waals surface area contributed by atoms with Crippen LogP contribution in [0, 0.1) is 18.3 Å². The summed E-state index contributed by atoms with van der Waals surface area (Å²) in [6, 6.07) is 7.21. The second-order valence-corrected chi connectivity index (χ2v) is 5.61. The fourth-order valence-electron chi connectivity index (χ4n) is 1.78. The average Bonchev–Trinajstić information content (AvgIpc) is 2.57. The van der Waals surface area contributed by atoms with Crippen molar-refractivity contribution in [2.75, 3.05) is 17.7 Å². The van der Waals surface area contributed by atoms with Crippen LogP contribution in [-0.2, 0) is 4.79 Å². The Morgan fingerprint density at radius 3 is 2.71 bits per heavy atom. The molecule has 0 saturated carbocycles. The van der Waals surface area contributed by atoms with Crippen molar-refractivity contribution < 1.29 is 9.53 Å². The molecule has 24 heavy (non-hydrogen) atoms. The minimum absolute atomic E-state index is 0.120. The van der Waals surface area contributed by atoms with E-state index < -0.39 is 5.91 Å². The summed E-state index contributed by atoms with van der Waals surface area (Å²) in [7, 11) is 1.51. The predicted octanol–water partition coefficient (Wildman–Crippen LogP) is 3.01. The molecule has 1 aromatic heterocycles. The van der Waals surface area contributed by atoms with Gasteiger partial charge in [-0.25, -0.2) is 9.97 Å². The molecule has 8 heteroatoms. The Hall–Kier alpha value is -2.92. The van der Waals surface area contributed by atoms with Crippen LogP contribution < -0.4 is 15.4 Å². The van der Waals surface area contributed by atoms with Crippen LogP contribution in [0.4, 0.5) is 11.6 Å². The van der Waals surface area contributed by atoms with Gasteiger partial charge in [-0.1, -0.05) is 6.07 Å². The maximum atomic E-state index is 12.3. The number of carbonyl (C=O) groups is 1. The molecule has 122 valence electrons. The first-order valence-corrected chi connectivity index (χ1v) is 7.63. The van der Waals surface area contributed by atoms with Gasteiger partial charge in [-0.05, 0) is 40.5 Å². The lowest BCUT2D eigenvalue weighted by Gasteiger charge is -2.10. The van der Waals surface area contributed by atoms with Gasteiger partial charge in [0.05, 0.1) is 17.3 Å². The summed E-state index contributed by atoms with van der Waals surface area (Å²) in [4.78, 5) is 20.2. The summed E-state index contributed by atoms with van der Waals surface area (Å²) in [5, 5.41) is 14.5. The number of ether oxygens (including phenoxy) is 1. The van der Waals surface area contributed by atoms with Gasteiger partial charge < -0.3 is 15.4 Å². The Balaban J connectivity index is 2.14. The third-order valence-electron chi connectivity index (χ3n) is 2.93. The normalized spacial score (nSPS) is 10.7. The lowest BCUT2D eigenvalue weighted by molar-refractivity contribution is -0.112. The number of nitrogens with one attached hydrogen (secondary N) is 2. The van der Waals surface area contributed by atoms with Crippen molar-refractivity contribution in [1.82, 2.24) is 9.97 Å². The van der Waals surface area contributed by atoms with E-state index in [9.17, 15) is 10.1 Å². The molecular weight excluding hydrogens is 374 g/mol. The molecule has 2 N–H and O–H groups in total. The molecule has 0 spiro atoms. The van der Waals surface area contributed by atoms with Crippen molar-refractivity contribution in [2.24, 2.45) is 0 Å². The van der Waals surface area contributed by atoms with Gasteiger partial charge in [-0.2, -0.15) is 5.26 Å². The van der Waals surface area contributed by atoms with Crippen molar-refractivity contribution >= 4 is 33.5 Å². The predicted molar refractivity (Wildman–Crippen MR) is 93.4 cm³/mol. The number of nitriles is 1. The number of benzene rings is 1. The maximum Gasteiger partial charge on any atom is 0.267 e. The number of halogens is 1. The molecule has 0 atom stereocenters. The number of rotatable bonds is 5. The summed E-state index contributed by atoms with van der Waals surface area (Å²) in [5.74, 6) is 0.216. The van der Waals surface area contributed by atoms with Gasteiger partial charge in [0, 0.05) is 18.6 Å². The summed E-state index contributed by atoms with van der Waals surface area (Å²) >= 11 is 3.22. The number of aromatic nitrogens is 2. The first-order valence-electron chi connectivity index (χ1n) is 6.84. The van der Waals surface area contributed by atoms with Crippen molar-refractivity contribution in [3.8, 4) is 11.8 Å². The Bertz CT molecular complexity index is 812. The van der Waals surface area contributed by atoms with Crippen molar-refractivity contribution in [3.05, 3.63) is 52.4 Å². The molecule has 0 saturated heterocycles. The summed E-state index contributed by atoms with van der Waals surface area (Å²) in [6.07, 6.45) is 4.35. The zero-order valence-electron chi connectivity index (χ0n) is 13.0. The Kier molecular flexibility index (Phi) is 5.87. The third-order valence-corrected chi connectivity index (χ3v) is 3.34. The maximum absolute atomic E-state index is 12.3. The number of nitrogens with zero attached hydrogens (tertiary/aromatic N) is 3. The second-order valence-electron chi connectivity index (χ2n) is 4.70. The van der Waals surface area contributed by atoms with Crippen LogP contribution in [0.2, 0.25) is 0 Å². The lowest BCUT2D eigenvalue weighted by atomic mass is 10.2. The highest BCUT2D eigenvalue weighted by Crippen LogP contribution is 2.25. The molecule has 1 aromatic carbocycles. The van der Waals surface area contributed by atoms with E-state index >= 15 is 0 Å². The van der Waals surface area contributed by atoms with Gasteiger partial charge in [-0.3, -0.25) is 4.79 Å². The highest BCUT2D eigenvalue weighted by Gasteiger charge is 2.12. The summed E-state index contributed by atoms with van der Waals surface area (Å²) < 4.78 is 5.92. The fourth-order valence-corrected chi connectivity index (χ4v) is 1.99. The lowest BCUT2D eigenvalue weighted by Crippen LogP contribution is -2.15. The Labute approximate surface area is 147 Å². The molecule has 0 unspecified atom stereocenters. The van der Waals surface area contributed by atoms with E-state index in [4.69, 9.17) is 4.74 Å². The zero-order chi connectivity index (χ0) is 17.5. The molecule has 0 bridgehead atoms. The van der Waals surface area contributed by atoms with Gasteiger partial charge in [-0.15, -0.1) is 0 Å². The zero-order valence-corrected chi connectivity index (χ0v) is 14.6. The Morgan fingerprint density at radius 1 is 1.38 bits per heavy atom. The smallest absolute Gasteiger partial charge is 0.267 e. The van der Waals surface area contributed by atoms with E-state index in [1.54, 1.807) is 24.5 Å². The van der Waals surface area contributed by atoms with Crippen LogP contribution in [0.5, 0.6) is 5.75 Å². The van der Waals surface area contributed by atoms with E-state index in [1.165, 1.54) is 13.3 Å². The molecule has 1 amide bonds. The quantitative estimate of drug-likeness (QED) is 0.603. The molecule has 0 fully saturated rings. The number of hydrogen-bond acceptors (Lipinski definition) is 6. The number of aryl methyl sites for hydroxylation is 1. The van der Waals surface area contributed by atoms with Crippen LogP contribution in [0.25, 0.3) is 0 Å². The van der Waals surface area contributed by atoms with Crippen LogP contribution in [0.1, 0.15) is 5.56 Å². The van der Waals surface area contributed by atoms with Crippen LogP contribution in [0.15, 0.2) is 46.8 Å². The van der Waals surface area contributed by atoms with Gasteiger partial charge in [0.25, 0.3) is 5.91 Å². The molecule has 0 aliphatic heterocycles. The SMILES string of the molecule is COc1ccc(C)cc1NC(=O)/C(C#N)=C\Nc1ncc(Br)cn1. The van der Waals surface area contributed by atoms with Crippen molar-refractivity contribution in [2.45, 2.75) is 6.92 Å². The average molecular weight is 388 g/mol. The monoisotopic (exact) mass is 387 g/mol. The minimum Gasteiger partial charge on any atom is -0.495 e. The largest absolute Gasteiger partial charge is 0.495 e. The number of anilines is 2. The number of hydrogen-bond donors (Lipinski definition) is 2.